The lowest BCUT2D eigenvalue weighted by atomic mass is 10.1. The summed E-state index contributed by atoms with van der Waals surface area (Å²) in [5, 5.41) is 13.3. The molecule has 0 aliphatic rings. The van der Waals surface area contributed by atoms with Crippen molar-refractivity contribution < 1.29 is 9.84 Å². The van der Waals surface area contributed by atoms with Crippen molar-refractivity contribution in [1.29, 1.82) is 0 Å². The Balaban J connectivity index is 1.96. The summed E-state index contributed by atoms with van der Waals surface area (Å²) in [4.78, 5) is 4.21. The monoisotopic (exact) mass is 350 g/mol. The molecule has 21 heavy (non-hydrogen) atoms. The molecule has 0 spiro atoms. The van der Waals surface area contributed by atoms with Crippen LogP contribution in [0.4, 0.5) is 5.82 Å². The number of halogens is 1. The van der Waals surface area contributed by atoms with E-state index in [1.54, 1.807) is 6.20 Å². The second-order valence-electron chi connectivity index (χ2n) is 5.00. The van der Waals surface area contributed by atoms with Crippen LogP contribution >= 0.6 is 15.9 Å². The first-order valence-corrected chi connectivity index (χ1v) is 7.64. The number of aromatic nitrogens is 1. The zero-order valence-electron chi connectivity index (χ0n) is 12.1. The van der Waals surface area contributed by atoms with Crippen molar-refractivity contribution in [3.8, 4) is 5.75 Å². The largest absolute Gasteiger partial charge is 0.491 e. The van der Waals surface area contributed by atoms with E-state index in [9.17, 15) is 5.11 Å². The van der Waals surface area contributed by atoms with Gasteiger partial charge in [-0.2, -0.15) is 0 Å². The van der Waals surface area contributed by atoms with Gasteiger partial charge in [0.1, 0.15) is 11.6 Å². The third-order valence-corrected chi connectivity index (χ3v) is 3.29. The topological polar surface area (TPSA) is 54.4 Å². The van der Waals surface area contributed by atoms with E-state index in [0.29, 0.717) is 6.54 Å². The average molecular weight is 351 g/mol. The summed E-state index contributed by atoms with van der Waals surface area (Å²) in [6, 6.07) is 11.3. The van der Waals surface area contributed by atoms with E-state index < -0.39 is 6.10 Å². The van der Waals surface area contributed by atoms with E-state index >= 15 is 0 Å². The molecule has 0 amide bonds. The molecule has 5 heteroatoms. The highest BCUT2D eigenvalue weighted by Crippen LogP contribution is 2.21. The van der Waals surface area contributed by atoms with Crippen LogP contribution in [0.1, 0.15) is 25.5 Å². The molecule has 1 atom stereocenters. The maximum atomic E-state index is 10.2. The van der Waals surface area contributed by atoms with Gasteiger partial charge < -0.3 is 15.2 Å². The number of anilines is 1. The summed E-state index contributed by atoms with van der Waals surface area (Å²) in [6.45, 7) is 4.34. The van der Waals surface area contributed by atoms with E-state index in [0.717, 1.165) is 21.6 Å². The number of nitrogens with zero attached hydrogens (tertiary/aromatic N) is 1. The lowest BCUT2D eigenvalue weighted by Crippen LogP contribution is -2.13. The zero-order valence-corrected chi connectivity index (χ0v) is 13.7. The predicted molar refractivity (Wildman–Crippen MR) is 87.6 cm³/mol. The predicted octanol–water partition coefficient (Wildman–Crippen LogP) is 3.78. The van der Waals surface area contributed by atoms with E-state index in [-0.39, 0.29) is 6.10 Å². The lowest BCUT2D eigenvalue weighted by Gasteiger charge is -2.15. The molecule has 1 heterocycles. The Morgan fingerprint density at radius 1 is 1.29 bits per heavy atom. The maximum absolute atomic E-state index is 10.2. The molecule has 4 nitrogen and oxygen atoms in total. The Hall–Kier alpha value is -1.59. The molecule has 1 unspecified atom stereocenters. The molecule has 0 saturated heterocycles. The van der Waals surface area contributed by atoms with Gasteiger partial charge in [0.25, 0.3) is 0 Å². The van der Waals surface area contributed by atoms with Crippen LogP contribution in [0.25, 0.3) is 0 Å². The number of hydrogen-bond donors (Lipinski definition) is 2. The van der Waals surface area contributed by atoms with Crippen LogP contribution in [-0.4, -0.2) is 22.7 Å². The Labute approximate surface area is 133 Å². The van der Waals surface area contributed by atoms with Gasteiger partial charge in [-0.15, -0.1) is 0 Å². The maximum Gasteiger partial charge on any atom is 0.126 e. The fraction of sp³-hybridized carbons (Fsp3) is 0.312. The standard InChI is InChI=1S/C16H19BrN2O2/c1-11(2)21-14-5-3-4-12(8-14)15(20)10-19-16-7-6-13(17)9-18-16/h3-9,11,15,20H,10H2,1-2H3,(H,18,19). The molecule has 2 rings (SSSR count). The van der Waals surface area contributed by atoms with Crippen molar-refractivity contribution in [2.24, 2.45) is 0 Å². The molecule has 112 valence electrons. The van der Waals surface area contributed by atoms with Crippen molar-refractivity contribution in [2.75, 3.05) is 11.9 Å². The fourth-order valence-corrected chi connectivity index (χ4v) is 2.10. The summed E-state index contributed by atoms with van der Waals surface area (Å²) in [7, 11) is 0. The first kappa shape index (κ1) is 15.8. The number of nitrogens with one attached hydrogen (secondary N) is 1. The SMILES string of the molecule is CC(C)Oc1cccc(C(O)CNc2ccc(Br)cn2)c1. The number of benzene rings is 1. The molecule has 2 aromatic rings. The molecule has 0 bridgehead atoms. The smallest absolute Gasteiger partial charge is 0.126 e. The van der Waals surface area contributed by atoms with Crippen LogP contribution in [0, 0.1) is 0 Å². The highest BCUT2D eigenvalue weighted by molar-refractivity contribution is 9.10. The molecule has 0 saturated carbocycles. The van der Waals surface area contributed by atoms with Gasteiger partial charge in [-0.05, 0) is 59.6 Å². The molecule has 1 aromatic heterocycles. The van der Waals surface area contributed by atoms with Gasteiger partial charge in [0.15, 0.2) is 0 Å². The van der Waals surface area contributed by atoms with Crippen LogP contribution in [-0.2, 0) is 0 Å². The molecule has 0 aliphatic heterocycles. The Morgan fingerprint density at radius 3 is 2.76 bits per heavy atom. The summed E-state index contributed by atoms with van der Waals surface area (Å²) >= 11 is 3.34. The van der Waals surface area contributed by atoms with Gasteiger partial charge in [-0.3, -0.25) is 0 Å². The second-order valence-corrected chi connectivity index (χ2v) is 5.91. The highest BCUT2D eigenvalue weighted by atomic mass is 79.9. The minimum atomic E-state index is -0.619. The Morgan fingerprint density at radius 2 is 2.10 bits per heavy atom. The van der Waals surface area contributed by atoms with Crippen LogP contribution < -0.4 is 10.1 Å². The second kappa shape index (κ2) is 7.43. The van der Waals surface area contributed by atoms with Gasteiger partial charge in [0.2, 0.25) is 0 Å². The lowest BCUT2D eigenvalue weighted by molar-refractivity contribution is 0.189. The number of rotatable bonds is 6. The van der Waals surface area contributed by atoms with E-state index in [2.05, 4.69) is 26.2 Å². The summed E-state index contributed by atoms with van der Waals surface area (Å²) < 4.78 is 6.56. The van der Waals surface area contributed by atoms with E-state index in [1.807, 2.05) is 50.2 Å². The molecular weight excluding hydrogens is 332 g/mol. The molecule has 2 N–H and O–H groups in total. The first-order valence-electron chi connectivity index (χ1n) is 6.84. The van der Waals surface area contributed by atoms with Crippen molar-refractivity contribution in [3.05, 3.63) is 52.6 Å². The van der Waals surface area contributed by atoms with Crippen molar-refractivity contribution in [1.82, 2.24) is 4.98 Å². The van der Waals surface area contributed by atoms with E-state index in [4.69, 9.17) is 4.74 Å². The van der Waals surface area contributed by atoms with Crippen LogP contribution in [0.5, 0.6) is 5.75 Å². The van der Waals surface area contributed by atoms with Crippen molar-refractivity contribution in [3.63, 3.8) is 0 Å². The quantitative estimate of drug-likeness (QED) is 0.832. The molecular formula is C16H19BrN2O2. The number of aliphatic hydroxyl groups excluding tert-OH is 1. The highest BCUT2D eigenvalue weighted by Gasteiger charge is 2.09. The molecule has 1 aromatic carbocycles. The zero-order chi connectivity index (χ0) is 15.2. The average Bonchev–Trinajstić information content (AvgIpc) is 2.46. The molecule has 0 aliphatic carbocycles. The number of ether oxygens (including phenoxy) is 1. The third kappa shape index (κ3) is 5.02. The Bertz CT molecular complexity index is 573. The van der Waals surface area contributed by atoms with Crippen molar-refractivity contribution in [2.45, 2.75) is 26.1 Å². The third-order valence-electron chi connectivity index (χ3n) is 2.82. The van der Waals surface area contributed by atoms with Crippen LogP contribution in [0.15, 0.2) is 47.1 Å². The van der Waals surface area contributed by atoms with Gasteiger partial charge in [0.05, 0.1) is 12.2 Å². The fourth-order valence-electron chi connectivity index (χ4n) is 1.87. The normalized spacial score (nSPS) is 12.2. The van der Waals surface area contributed by atoms with Gasteiger partial charge in [-0.25, -0.2) is 4.98 Å². The van der Waals surface area contributed by atoms with Crippen LogP contribution in [0.3, 0.4) is 0 Å². The van der Waals surface area contributed by atoms with Gasteiger partial charge in [-0.1, -0.05) is 12.1 Å². The van der Waals surface area contributed by atoms with Gasteiger partial charge >= 0.3 is 0 Å². The summed E-state index contributed by atoms with van der Waals surface area (Å²) in [6.07, 6.45) is 1.21. The van der Waals surface area contributed by atoms with Gasteiger partial charge in [0, 0.05) is 17.2 Å². The minimum Gasteiger partial charge on any atom is -0.491 e. The summed E-state index contributed by atoms with van der Waals surface area (Å²) in [5.41, 5.74) is 0.817. The first-order chi connectivity index (χ1) is 10.0. The molecule has 0 radical (unpaired) electrons. The Kier molecular flexibility index (Phi) is 5.59. The van der Waals surface area contributed by atoms with E-state index in [1.165, 1.54) is 0 Å². The number of aliphatic hydroxyl groups is 1. The summed E-state index contributed by atoms with van der Waals surface area (Å²) in [5.74, 6) is 1.50. The molecule has 0 fully saturated rings. The van der Waals surface area contributed by atoms with Crippen molar-refractivity contribution >= 4 is 21.7 Å². The minimum absolute atomic E-state index is 0.113. The number of hydrogen-bond acceptors (Lipinski definition) is 4. The van der Waals surface area contributed by atoms with Crippen LogP contribution in [0.2, 0.25) is 0 Å². The number of pyridine rings is 1.